The molecule has 0 aliphatic carbocycles. The Bertz CT molecular complexity index is 1650. The van der Waals surface area contributed by atoms with Gasteiger partial charge in [0.2, 0.25) is 0 Å². The van der Waals surface area contributed by atoms with Gasteiger partial charge in [-0.1, -0.05) is 47.5 Å². The lowest BCUT2D eigenvalue weighted by molar-refractivity contribution is -0.137. The molecule has 0 fully saturated rings. The summed E-state index contributed by atoms with van der Waals surface area (Å²) in [6.07, 6.45) is -3.67. The van der Waals surface area contributed by atoms with Crippen LogP contribution in [0.5, 0.6) is 0 Å². The molecule has 38 heavy (non-hydrogen) atoms. The molecule has 1 aromatic heterocycles. The number of ether oxygens (including phenoxy) is 1. The number of carbonyl (C=O) groups excluding carboxylic acids is 2. The van der Waals surface area contributed by atoms with E-state index < -0.39 is 50.9 Å². The number of benzene rings is 3. The first kappa shape index (κ1) is 27.2. The van der Waals surface area contributed by atoms with Crippen LogP contribution >= 0.6 is 11.6 Å². The molecule has 3 aromatic carbocycles. The van der Waals surface area contributed by atoms with E-state index in [-0.39, 0.29) is 16.0 Å². The molecule has 0 radical (unpaired) electrons. The van der Waals surface area contributed by atoms with Crippen LogP contribution in [0.1, 0.15) is 26.3 Å². The Balaban J connectivity index is 1.86. The van der Waals surface area contributed by atoms with Crippen molar-refractivity contribution in [3.63, 3.8) is 0 Å². The van der Waals surface area contributed by atoms with Crippen molar-refractivity contribution >= 4 is 50.1 Å². The maximum absolute atomic E-state index is 13.7. The standard InChI is InChI=1S/C26H20ClF3N2O5S/c1-16-7-10-18(11-8-16)38(35,36)32(17-9-12-22(27)21(13-17)26(28,29)30)15-24(33)31-14-20(25(34)37-2)19-5-3-4-6-23(19)31/h3-14H,15H2,1-2H3. The van der Waals surface area contributed by atoms with Crippen LogP contribution in [0.2, 0.25) is 5.02 Å². The van der Waals surface area contributed by atoms with Gasteiger partial charge < -0.3 is 4.74 Å². The number of aromatic nitrogens is 1. The average Bonchev–Trinajstić information content (AvgIpc) is 3.26. The van der Waals surface area contributed by atoms with E-state index in [1.807, 2.05) is 0 Å². The average molecular weight is 565 g/mol. The number of anilines is 1. The lowest BCUT2D eigenvalue weighted by atomic mass is 10.2. The third kappa shape index (κ3) is 5.11. The van der Waals surface area contributed by atoms with E-state index in [1.54, 1.807) is 31.2 Å². The summed E-state index contributed by atoms with van der Waals surface area (Å²) < 4.78 is 74.5. The third-order valence-electron chi connectivity index (χ3n) is 5.82. The summed E-state index contributed by atoms with van der Waals surface area (Å²) in [5.41, 5.74) is -0.563. The van der Waals surface area contributed by atoms with E-state index in [9.17, 15) is 31.2 Å². The smallest absolute Gasteiger partial charge is 0.417 e. The van der Waals surface area contributed by atoms with Crippen molar-refractivity contribution in [1.29, 1.82) is 0 Å². The minimum atomic E-state index is -4.87. The van der Waals surface area contributed by atoms with Gasteiger partial charge in [0.1, 0.15) is 6.54 Å². The summed E-state index contributed by atoms with van der Waals surface area (Å²) >= 11 is 5.74. The largest absolute Gasteiger partial charge is 0.465 e. The number of aryl methyl sites for hydroxylation is 1. The molecule has 0 aliphatic rings. The van der Waals surface area contributed by atoms with Gasteiger partial charge in [-0.3, -0.25) is 13.7 Å². The number of para-hydroxylation sites is 1. The predicted octanol–water partition coefficient (Wildman–Crippen LogP) is 5.94. The van der Waals surface area contributed by atoms with E-state index in [2.05, 4.69) is 0 Å². The van der Waals surface area contributed by atoms with Gasteiger partial charge in [-0.05, 0) is 43.3 Å². The van der Waals surface area contributed by atoms with E-state index in [1.165, 1.54) is 37.6 Å². The second-order valence-corrected chi connectivity index (χ2v) is 10.6. The summed E-state index contributed by atoms with van der Waals surface area (Å²) in [5.74, 6) is -1.54. The molecular weight excluding hydrogens is 545 g/mol. The molecule has 1 heterocycles. The van der Waals surface area contributed by atoms with Crippen LogP contribution in [0.25, 0.3) is 10.9 Å². The van der Waals surface area contributed by atoms with Crippen LogP contribution in [-0.2, 0) is 20.9 Å². The summed E-state index contributed by atoms with van der Waals surface area (Å²) in [6, 6.07) is 14.6. The second-order valence-electron chi connectivity index (χ2n) is 8.30. The second kappa shape index (κ2) is 10.1. The number of esters is 1. The molecule has 0 saturated heterocycles. The summed E-state index contributed by atoms with van der Waals surface area (Å²) in [4.78, 5) is 25.5. The van der Waals surface area contributed by atoms with Gasteiger partial charge in [-0.15, -0.1) is 0 Å². The maximum Gasteiger partial charge on any atom is 0.417 e. The van der Waals surface area contributed by atoms with E-state index in [4.69, 9.17) is 16.3 Å². The van der Waals surface area contributed by atoms with Gasteiger partial charge in [-0.25, -0.2) is 13.2 Å². The fourth-order valence-electron chi connectivity index (χ4n) is 3.90. The van der Waals surface area contributed by atoms with Gasteiger partial charge in [0.15, 0.2) is 0 Å². The molecule has 0 unspecified atom stereocenters. The Morgan fingerprint density at radius 2 is 1.68 bits per heavy atom. The monoisotopic (exact) mass is 564 g/mol. The van der Waals surface area contributed by atoms with Crippen molar-refractivity contribution in [1.82, 2.24) is 4.57 Å². The fraction of sp³-hybridized carbons (Fsp3) is 0.154. The lowest BCUT2D eigenvalue weighted by Crippen LogP contribution is -2.37. The predicted molar refractivity (Wildman–Crippen MR) is 136 cm³/mol. The fourth-order valence-corrected chi connectivity index (χ4v) is 5.53. The molecule has 0 bridgehead atoms. The molecule has 0 atom stereocenters. The zero-order chi connectivity index (χ0) is 27.8. The number of methoxy groups -OCH3 is 1. The maximum atomic E-state index is 13.7. The lowest BCUT2D eigenvalue weighted by Gasteiger charge is -2.25. The first-order chi connectivity index (χ1) is 17.8. The summed E-state index contributed by atoms with van der Waals surface area (Å²) in [7, 11) is -3.35. The van der Waals surface area contributed by atoms with Crippen molar-refractivity contribution in [3.05, 3.63) is 94.6 Å². The molecule has 0 N–H and O–H groups in total. The van der Waals surface area contributed by atoms with Gasteiger partial charge >= 0.3 is 12.1 Å². The van der Waals surface area contributed by atoms with Crippen LogP contribution < -0.4 is 4.31 Å². The van der Waals surface area contributed by atoms with Crippen molar-refractivity contribution in [3.8, 4) is 0 Å². The van der Waals surface area contributed by atoms with Crippen molar-refractivity contribution < 1.29 is 35.9 Å². The number of carbonyl (C=O) groups is 2. The van der Waals surface area contributed by atoms with Gasteiger partial charge in [0.25, 0.3) is 15.9 Å². The Hall–Kier alpha value is -3.83. The highest BCUT2D eigenvalue weighted by Gasteiger charge is 2.36. The highest BCUT2D eigenvalue weighted by molar-refractivity contribution is 7.92. The zero-order valence-corrected chi connectivity index (χ0v) is 21.6. The summed E-state index contributed by atoms with van der Waals surface area (Å²) in [6.45, 7) is 0.858. The molecule has 0 aliphatic heterocycles. The Labute approximate surface area is 221 Å². The van der Waals surface area contributed by atoms with Crippen molar-refractivity contribution in [2.45, 2.75) is 18.0 Å². The number of hydrogen-bond donors (Lipinski definition) is 0. The quantitative estimate of drug-likeness (QED) is 0.270. The first-order valence-corrected chi connectivity index (χ1v) is 12.8. The normalized spacial score (nSPS) is 11.9. The number of nitrogens with zero attached hydrogens (tertiary/aromatic N) is 2. The Kier molecular flexibility index (Phi) is 7.26. The van der Waals surface area contributed by atoms with Gasteiger partial charge in [0.05, 0.1) is 39.4 Å². The van der Waals surface area contributed by atoms with Crippen LogP contribution in [0, 0.1) is 6.92 Å². The van der Waals surface area contributed by atoms with E-state index >= 15 is 0 Å². The number of hydrogen-bond acceptors (Lipinski definition) is 5. The van der Waals surface area contributed by atoms with Crippen LogP contribution in [0.3, 0.4) is 0 Å². The number of sulfonamides is 1. The molecule has 7 nitrogen and oxygen atoms in total. The topological polar surface area (TPSA) is 85.7 Å². The molecular formula is C26H20ClF3N2O5S. The van der Waals surface area contributed by atoms with Gasteiger partial charge in [-0.2, -0.15) is 13.2 Å². The van der Waals surface area contributed by atoms with Crippen LogP contribution in [-0.4, -0.2) is 38.5 Å². The van der Waals surface area contributed by atoms with Crippen LogP contribution in [0.4, 0.5) is 18.9 Å². The Morgan fingerprint density at radius 3 is 2.32 bits per heavy atom. The minimum absolute atomic E-state index is 0.0650. The van der Waals surface area contributed by atoms with Crippen molar-refractivity contribution in [2.75, 3.05) is 18.0 Å². The molecule has 4 rings (SSSR count). The molecule has 12 heteroatoms. The highest BCUT2D eigenvalue weighted by atomic mass is 35.5. The number of fused-ring (bicyclic) bond motifs is 1. The van der Waals surface area contributed by atoms with E-state index in [0.717, 1.165) is 22.3 Å². The minimum Gasteiger partial charge on any atom is -0.465 e. The molecule has 198 valence electrons. The number of rotatable bonds is 6. The molecule has 0 saturated carbocycles. The highest BCUT2D eigenvalue weighted by Crippen LogP contribution is 2.38. The summed E-state index contributed by atoms with van der Waals surface area (Å²) in [5, 5.41) is -0.245. The molecule has 4 aromatic rings. The zero-order valence-electron chi connectivity index (χ0n) is 20.0. The number of alkyl halides is 3. The SMILES string of the molecule is COC(=O)c1cn(C(=O)CN(c2ccc(Cl)c(C(F)(F)F)c2)S(=O)(=O)c2ccc(C)cc2)c2ccccc12. The molecule has 0 spiro atoms. The first-order valence-electron chi connectivity index (χ1n) is 11.0. The van der Waals surface area contributed by atoms with E-state index in [0.29, 0.717) is 15.8 Å². The Morgan fingerprint density at radius 1 is 1.03 bits per heavy atom. The van der Waals surface area contributed by atoms with Crippen LogP contribution in [0.15, 0.2) is 77.8 Å². The third-order valence-corrected chi connectivity index (χ3v) is 7.93. The van der Waals surface area contributed by atoms with Gasteiger partial charge in [0, 0.05) is 11.6 Å². The van der Waals surface area contributed by atoms with Crippen molar-refractivity contribution in [2.24, 2.45) is 0 Å². The number of halogens is 4. The molecule has 0 amide bonds.